The number of carbonyl (C=O) groups is 1. The number of benzene rings is 1. The third-order valence-electron chi connectivity index (χ3n) is 3.54. The fraction of sp³-hybridized carbons (Fsp3) is 0.562. The Hall–Kier alpha value is -1.23. The van der Waals surface area contributed by atoms with Gasteiger partial charge in [-0.15, -0.1) is 0 Å². The van der Waals surface area contributed by atoms with Crippen molar-refractivity contribution in [2.75, 3.05) is 14.2 Å². The molecule has 0 aliphatic carbocycles. The minimum Gasteiger partial charge on any atom is -0.493 e. The lowest BCUT2D eigenvalue weighted by molar-refractivity contribution is -0.138. The molecule has 118 valence electrons. The molecule has 0 fully saturated rings. The van der Waals surface area contributed by atoms with Crippen LogP contribution in [0.1, 0.15) is 51.2 Å². The van der Waals surface area contributed by atoms with E-state index in [-0.39, 0.29) is 12.3 Å². The van der Waals surface area contributed by atoms with Crippen molar-refractivity contribution in [3.63, 3.8) is 0 Å². The van der Waals surface area contributed by atoms with E-state index in [1.54, 1.807) is 14.2 Å². The van der Waals surface area contributed by atoms with Crippen LogP contribution >= 0.6 is 15.9 Å². The van der Waals surface area contributed by atoms with Gasteiger partial charge in [-0.3, -0.25) is 4.79 Å². The van der Waals surface area contributed by atoms with Crippen LogP contribution in [-0.2, 0) is 10.2 Å². The molecule has 0 aromatic heterocycles. The molecule has 0 aliphatic rings. The maximum Gasteiger partial charge on any atom is 0.304 e. The summed E-state index contributed by atoms with van der Waals surface area (Å²) in [4.78, 5) is 11.2. The molecule has 1 rings (SSSR count). The van der Waals surface area contributed by atoms with Crippen molar-refractivity contribution in [3.8, 4) is 11.5 Å². The summed E-state index contributed by atoms with van der Waals surface area (Å²) in [7, 11) is 3.19. The van der Waals surface area contributed by atoms with E-state index < -0.39 is 11.4 Å². The third kappa shape index (κ3) is 3.70. The summed E-state index contributed by atoms with van der Waals surface area (Å²) in [6.45, 7) is 7.98. The van der Waals surface area contributed by atoms with Crippen LogP contribution < -0.4 is 9.47 Å². The highest BCUT2D eigenvalue weighted by molar-refractivity contribution is 9.10. The normalized spacial score (nSPS) is 11.6. The lowest BCUT2D eigenvalue weighted by Gasteiger charge is -2.30. The van der Waals surface area contributed by atoms with Crippen molar-refractivity contribution in [3.05, 3.63) is 21.7 Å². The number of ether oxygens (including phenoxy) is 2. The molecular formula is C16H23BrO4. The lowest BCUT2D eigenvalue weighted by atomic mass is 9.76. The van der Waals surface area contributed by atoms with Crippen LogP contribution in [-0.4, -0.2) is 25.3 Å². The van der Waals surface area contributed by atoms with Gasteiger partial charge in [-0.05, 0) is 33.5 Å². The molecule has 1 N–H and O–H groups in total. The number of rotatable bonds is 6. The zero-order chi connectivity index (χ0) is 16.4. The average Bonchev–Trinajstić information content (AvgIpc) is 2.35. The quantitative estimate of drug-likeness (QED) is 0.821. The van der Waals surface area contributed by atoms with Crippen LogP contribution in [0.25, 0.3) is 0 Å². The summed E-state index contributed by atoms with van der Waals surface area (Å²) >= 11 is 3.49. The van der Waals surface area contributed by atoms with Gasteiger partial charge in [0.25, 0.3) is 0 Å². The Morgan fingerprint density at radius 3 is 2.19 bits per heavy atom. The molecule has 0 spiro atoms. The molecule has 0 heterocycles. The van der Waals surface area contributed by atoms with E-state index in [0.717, 1.165) is 15.6 Å². The second kappa shape index (κ2) is 6.69. The maximum absolute atomic E-state index is 11.2. The van der Waals surface area contributed by atoms with Crippen LogP contribution in [0.15, 0.2) is 10.5 Å². The number of methoxy groups -OCH3 is 2. The van der Waals surface area contributed by atoms with Crippen LogP contribution in [0.2, 0.25) is 0 Å². The summed E-state index contributed by atoms with van der Waals surface area (Å²) < 4.78 is 11.7. The Labute approximate surface area is 134 Å². The van der Waals surface area contributed by atoms with Crippen LogP contribution in [0.4, 0.5) is 0 Å². The first kappa shape index (κ1) is 17.8. The van der Waals surface area contributed by atoms with Crippen molar-refractivity contribution < 1.29 is 19.4 Å². The molecule has 0 unspecified atom stereocenters. The first-order chi connectivity index (χ1) is 9.65. The number of hydrogen-bond acceptors (Lipinski definition) is 3. The highest BCUT2D eigenvalue weighted by atomic mass is 79.9. The van der Waals surface area contributed by atoms with E-state index in [9.17, 15) is 4.79 Å². The fourth-order valence-corrected chi connectivity index (χ4v) is 3.19. The van der Waals surface area contributed by atoms with Gasteiger partial charge in [-0.2, -0.15) is 0 Å². The highest BCUT2D eigenvalue weighted by Gasteiger charge is 2.31. The zero-order valence-electron chi connectivity index (χ0n) is 13.4. The Morgan fingerprint density at radius 1 is 1.29 bits per heavy atom. The molecule has 21 heavy (non-hydrogen) atoms. The zero-order valence-corrected chi connectivity index (χ0v) is 15.0. The number of hydrogen-bond donors (Lipinski definition) is 1. The number of halogens is 1. The van der Waals surface area contributed by atoms with Gasteiger partial charge in [0.2, 0.25) is 0 Å². The van der Waals surface area contributed by atoms with Crippen molar-refractivity contribution in [2.24, 2.45) is 0 Å². The van der Waals surface area contributed by atoms with Gasteiger partial charge in [0, 0.05) is 11.0 Å². The first-order valence-corrected chi connectivity index (χ1v) is 7.61. The number of aliphatic carboxylic acids is 1. The summed E-state index contributed by atoms with van der Waals surface area (Å²) in [5.41, 5.74) is 1.45. The molecule has 0 bridgehead atoms. The van der Waals surface area contributed by atoms with E-state index in [1.165, 1.54) is 0 Å². The van der Waals surface area contributed by atoms with Gasteiger partial charge in [-0.25, -0.2) is 0 Å². The molecule has 0 radical (unpaired) electrons. The van der Waals surface area contributed by atoms with E-state index in [1.807, 2.05) is 19.9 Å². The van der Waals surface area contributed by atoms with Crippen molar-refractivity contribution in [1.82, 2.24) is 0 Å². The smallest absolute Gasteiger partial charge is 0.304 e. The van der Waals surface area contributed by atoms with Crippen molar-refractivity contribution in [1.29, 1.82) is 0 Å². The summed E-state index contributed by atoms with van der Waals surface area (Å²) in [6.07, 6.45) is 0.0502. The molecule has 4 nitrogen and oxygen atoms in total. The van der Waals surface area contributed by atoms with E-state index in [4.69, 9.17) is 14.6 Å². The molecule has 1 aromatic rings. The van der Waals surface area contributed by atoms with Gasteiger partial charge < -0.3 is 14.6 Å². The second-order valence-electron chi connectivity index (χ2n) is 6.00. The predicted molar refractivity (Wildman–Crippen MR) is 86.6 cm³/mol. The maximum atomic E-state index is 11.2. The van der Waals surface area contributed by atoms with Gasteiger partial charge in [0.1, 0.15) is 0 Å². The SMILES string of the molecule is COc1c(Br)cc(C(C)(C)CC(=O)O)c(C(C)C)c1OC. The Bertz CT molecular complexity index is 536. The molecule has 0 aliphatic heterocycles. The van der Waals surface area contributed by atoms with E-state index in [2.05, 4.69) is 29.8 Å². The van der Waals surface area contributed by atoms with E-state index in [0.29, 0.717) is 11.5 Å². The average molecular weight is 359 g/mol. The molecule has 0 saturated carbocycles. The second-order valence-corrected chi connectivity index (χ2v) is 6.85. The number of carboxylic acid groups (broad SMARTS) is 1. The third-order valence-corrected chi connectivity index (χ3v) is 4.13. The molecule has 0 atom stereocenters. The fourth-order valence-electron chi connectivity index (χ4n) is 2.62. The Kier molecular flexibility index (Phi) is 5.68. The lowest BCUT2D eigenvalue weighted by Crippen LogP contribution is -2.24. The minimum atomic E-state index is -0.819. The molecule has 5 heteroatoms. The topological polar surface area (TPSA) is 55.8 Å². The van der Waals surface area contributed by atoms with Crippen molar-refractivity contribution >= 4 is 21.9 Å². The van der Waals surface area contributed by atoms with Gasteiger partial charge in [0.05, 0.1) is 25.1 Å². The Morgan fingerprint density at radius 2 is 1.81 bits per heavy atom. The van der Waals surface area contributed by atoms with Gasteiger partial charge in [-0.1, -0.05) is 27.7 Å². The Balaban J connectivity index is 3.66. The van der Waals surface area contributed by atoms with E-state index >= 15 is 0 Å². The molecule has 0 amide bonds. The summed E-state index contributed by atoms with van der Waals surface area (Å²) in [5.74, 6) is 0.664. The molecule has 1 aromatic carbocycles. The van der Waals surface area contributed by atoms with Crippen LogP contribution in [0.5, 0.6) is 11.5 Å². The van der Waals surface area contributed by atoms with Crippen LogP contribution in [0.3, 0.4) is 0 Å². The van der Waals surface area contributed by atoms with Crippen molar-refractivity contribution in [2.45, 2.75) is 45.4 Å². The van der Waals surface area contributed by atoms with Gasteiger partial charge >= 0.3 is 5.97 Å². The minimum absolute atomic E-state index is 0.0502. The summed E-state index contributed by atoms with van der Waals surface area (Å²) in [5, 5.41) is 9.17. The predicted octanol–water partition coefficient (Wildman–Crippen LogP) is 4.34. The van der Waals surface area contributed by atoms with Gasteiger partial charge in [0.15, 0.2) is 11.5 Å². The monoisotopic (exact) mass is 358 g/mol. The standard InChI is InChI=1S/C16H23BrO4/c1-9(2)13-10(16(3,4)8-12(18)19)7-11(17)14(20-5)15(13)21-6/h7,9H,8H2,1-6H3,(H,18,19). The first-order valence-electron chi connectivity index (χ1n) is 6.82. The van der Waals surface area contributed by atoms with Crippen LogP contribution in [0, 0.1) is 0 Å². The highest BCUT2D eigenvalue weighted by Crippen LogP contribution is 2.47. The number of carboxylic acids is 1. The summed E-state index contributed by atoms with van der Waals surface area (Å²) in [6, 6.07) is 1.94. The largest absolute Gasteiger partial charge is 0.493 e. The molecule has 0 saturated heterocycles. The molecular weight excluding hydrogens is 336 g/mol.